The number of esters is 1. The van der Waals surface area contributed by atoms with Crippen molar-refractivity contribution in [3.63, 3.8) is 0 Å². The molecule has 0 heterocycles. The zero-order valence-electron chi connectivity index (χ0n) is 64.2. The van der Waals surface area contributed by atoms with Crippen LogP contribution in [0.3, 0.4) is 0 Å². The SMILES string of the molecule is CCCCC/C=C\C/C=C\CCCCCCCCCC(=O)OCCCCCCCCCCCCCCCCCCCCCCCCCCCCCCCCCCCCCCCC(=O)NC(CO)C(O)CCCCCCCCCCCCCCCCCCCCCCCCC. The third kappa shape index (κ3) is 79.3. The zero-order valence-corrected chi connectivity index (χ0v) is 64.2. The fourth-order valence-corrected chi connectivity index (χ4v) is 14.1. The van der Waals surface area contributed by atoms with Gasteiger partial charge in [-0.15, -0.1) is 0 Å². The Hall–Kier alpha value is -1.66. The predicted molar refractivity (Wildman–Crippen MR) is 417 cm³/mol. The second kappa shape index (κ2) is 83.8. The molecule has 0 radical (unpaired) electrons. The fourth-order valence-electron chi connectivity index (χ4n) is 14.1. The number of amides is 1. The number of carbonyl (C=O) groups excluding carboxylic acids is 2. The van der Waals surface area contributed by atoms with Crippen molar-refractivity contribution in [3.05, 3.63) is 24.3 Å². The van der Waals surface area contributed by atoms with E-state index in [-0.39, 0.29) is 18.5 Å². The maximum absolute atomic E-state index is 12.6. The Bertz CT molecular complexity index is 1480. The molecule has 0 aliphatic carbocycles. The monoisotopic (exact) mass is 1320 g/mol. The van der Waals surface area contributed by atoms with Crippen LogP contribution < -0.4 is 5.32 Å². The largest absolute Gasteiger partial charge is 0.466 e. The van der Waals surface area contributed by atoms with Gasteiger partial charge in [0, 0.05) is 12.8 Å². The molecule has 94 heavy (non-hydrogen) atoms. The molecule has 0 aromatic rings. The Kier molecular flexibility index (Phi) is 82.3. The Balaban J connectivity index is 3.30. The first-order valence-electron chi connectivity index (χ1n) is 43.6. The molecule has 0 rings (SSSR count). The summed E-state index contributed by atoms with van der Waals surface area (Å²) in [5.74, 6) is -0.00622. The van der Waals surface area contributed by atoms with Crippen LogP contribution in [0.25, 0.3) is 0 Å². The summed E-state index contributed by atoms with van der Waals surface area (Å²) in [4.78, 5) is 24.7. The lowest BCUT2D eigenvalue weighted by Crippen LogP contribution is -2.45. The van der Waals surface area contributed by atoms with Gasteiger partial charge >= 0.3 is 5.97 Å². The molecular formula is C88H171NO5. The second-order valence-corrected chi connectivity index (χ2v) is 30.2. The molecule has 0 aliphatic rings. The quantitative estimate of drug-likeness (QED) is 0.0320. The Morgan fingerprint density at radius 3 is 0.830 bits per heavy atom. The normalized spacial score (nSPS) is 12.5. The van der Waals surface area contributed by atoms with Gasteiger partial charge in [0.2, 0.25) is 5.91 Å². The highest BCUT2D eigenvalue weighted by Crippen LogP contribution is 2.21. The third-order valence-electron chi connectivity index (χ3n) is 20.8. The minimum absolute atomic E-state index is 0.0167. The number of carbonyl (C=O) groups is 2. The van der Waals surface area contributed by atoms with Gasteiger partial charge < -0.3 is 20.3 Å². The van der Waals surface area contributed by atoms with E-state index in [9.17, 15) is 19.8 Å². The molecule has 1 amide bonds. The van der Waals surface area contributed by atoms with Crippen molar-refractivity contribution in [2.75, 3.05) is 13.2 Å². The van der Waals surface area contributed by atoms with Gasteiger partial charge in [0.15, 0.2) is 0 Å². The number of ether oxygens (including phenoxy) is 1. The molecular weight excluding hydrogens is 1150 g/mol. The van der Waals surface area contributed by atoms with Gasteiger partial charge in [-0.25, -0.2) is 0 Å². The number of nitrogens with one attached hydrogen (secondary N) is 1. The molecule has 0 bridgehead atoms. The molecule has 558 valence electrons. The molecule has 6 heteroatoms. The van der Waals surface area contributed by atoms with Crippen molar-refractivity contribution in [1.82, 2.24) is 5.32 Å². The van der Waals surface area contributed by atoms with E-state index in [0.29, 0.717) is 25.9 Å². The molecule has 0 aromatic carbocycles. The average Bonchev–Trinajstić information content (AvgIpc) is 3.79. The summed E-state index contributed by atoms with van der Waals surface area (Å²) in [5, 5.41) is 23.5. The molecule has 2 atom stereocenters. The second-order valence-electron chi connectivity index (χ2n) is 30.2. The first-order chi connectivity index (χ1) is 46.5. The lowest BCUT2D eigenvalue weighted by atomic mass is 10.0. The van der Waals surface area contributed by atoms with E-state index in [0.717, 1.165) is 51.4 Å². The molecule has 2 unspecified atom stereocenters. The van der Waals surface area contributed by atoms with E-state index >= 15 is 0 Å². The number of unbranched alkanes of at least 4 members (excludes halogenated alkanes) is 68. The van der Waals surface area contributed by atoms with Gasteiger partial charge in [-0.1, -0.05) is 456 Å². The van der Waals surface area contributed by atoms with Gasteiger partial charge in [0.25, 0.3) is 0 Å². The molecule has 0 aliphatic heterocycles. The maximum Gasteiger partial charge on any atom is 0.305 e. The van der Waals surface area contributed by atoms with Crippen LogP contribution in [0.1, 0.15) is 502 Å². The van der Waals surface area contributed by atoms with Gasteiger partial charge in [-0.2, -0.15) is 0 Å². The minimum Gasteiger partial charge on any atom is -0.466 e. The molecule has 3 N–H and O–H groups in total. The summed E-state index contributed by atoms with van der Waals surface area (Å²) in [6.07, 6.45) is 109. The molecule has 0 saturated heterocycles. The predicted octanol–water partition coefficient (Wildman–Crippen LogP) is 29.2. The Morgan fingerprint density at radius 1 is 0.298 bits per heavy atom. The Morgan fingerprint density at radius 2 is 0.532 bits per heavy atom. The average molecular weight is 1320 g/mol. The first-order valence-corrected chi connectivity index (χ1v) is 43.6. The van der Waals surface area contributed by atoms with Crippen LogP contribution in [0.4, 0.5) is 0 Å². The van der Waals surface area contributed by atoms with Crippen LogP contribution in [-0.4, -0.2) is 47.4 Å². The van der Waals surface area contributed by atoms with Crippen LogP contribution in [-0.2, 0) is 14.3 Å². The molecule has 0 spiro atoms. The van der Waals surface area contributed by atoms with Crippen LogP contribution in [0.2, 0.25) is 0 Å². The van der Waals surface area contributed by atoms with Crippen molar-refractivity contribution in [3.8, 4) is 0 Å². The van der Waals surface area contributed by atoms with Crippen molar-refractivity contribution in [2.45, 2.75) is 514 Å². The number of aliphatic hydroxyl groups excluding tert-OH is 2. The van der Waals surface area contributed by atoms with Crippen molar-refractivity contribution >= 4 is 11.9 Å². The highest BCUT2D eigenvalue weighted by molar-refractivity contribution is 5.76. The smallest absolute Gasteiger partial charge is 0.305 e. The van der Waals surface area contributed by atoms with E-state index in [4.69, 9.17) is 4.74 Å². The standard InChI is InChI=1S/C88H171NO5/c1-3-5-7-9-11-13-15-17-19-21-22-23-39-42-45-49-52-56-60-64-68-72-76-80-86(91)85(84-90)89-87(92)81-77-73-69-65-61-57-53-50-46-43-40-37-35-33-31-29-27-25-24-26-28-30-32-34-36-38-41-44-47-51-55-59-63-67-71-75-79-83-94-88(93)82-78-74-70-66-62-58-54-48-20-18-16-14-12-10-8-6-4-2/h12,14,18,20,85-86,90-91H,3-11,13,15-17,19,21-84H2,1-2H3,(H,89,92)/b14-12-,20-18-. The highest BCUT2D eigenvalue weighted by atomic mass is 16.5. The minimum atomic E-state index is -0.661. The van der Waals surface area contributed by atoms with Gasteiger partial charge in [-0.05, 0) is 57.8 Å². The van der Waals surface area contributed by atoms with Crippen LogP contribution in [0.15, 0.2) is 24.3 Å². The van der Waals surface area contributed by atoms with Crippen LogP contribution >= 0.6 is 0 Å². The summed E-state index contributed by atoms with van der Waals surface area (Å²) in [5.41, 5.74) is 0. The lowest BCUT2D eigenvalue weighted by molar-refractivity contribution is -0.143. The summed E-state index contributed by atoms with van der Waals surface area (Å²) >= 11 is 0. The number of hydrogen-bond donors (Lipinski definition) is 3. The van der Waals surface area contributed by atoms with E-state index in [1.165, 1.54) is 417 Å². The topological polar surface area (TPSA) is 95.9 Å². The van der Waals surface area contributed by atoms with E-state index in [2.05, 4.69) is 43.5 Å². The van der Waals surface area contributed by atoms with Crippen LogP contribution in [0.5, 0.6) is 0 Å². The van der Waals surface area contributed by atoms with Gasteiger partial charge in [-0.3, -0.25) is 9.59 Å². The van der Waals surface area contributed by atoms with Gasteiger partial charge in [0.1, 0.15) is 0 Å². The highest BCUT2D eigenvalue weighted by Gasteiger charge is 2.20. The number of aliphatic hydroxyl groups is 2. The number of rotatable bonds is 83. The first kappa shape index (κ1) is 92.3. The molecule has 6 nitrogen and oxygen atoms in total. The fraction of sp³-hybridized carbons (Fsp3) is 0.932. The van der Waals surface area contributed by atoms with E-state index in [1.54, 1.807) is 0 Å². The summed E-state index contributed by atoms with van der Waals surface area (Å²) in [6, 6.07) is -0.538. The number of allylic oxidation sites excluding steroid dienone is 4. The van der Waals surface area contributed by atoms with E-state index < -0.39 is 12.1 Å². The molecule has 0 aromatic heterocycles. The van der Waals surface area contributed by atoms with Crippen molar-refractivity contribution < 1.29 is 24.5 Å². The summed E-state index contributed by atoms with van der Waals surface area (Å²) < 4.78 is 5.51. The maximum atomic E-state index is 12.6. The Labute approximate surface area is 590 Å². The summed E-state index contributed by atoms with van der Waals surface area (Å²) in [7, 11) is 0. The van der Waals surface area contributed by atoms with Gasteiger partial charge in [0.05, 0.1) is 25.4 Å². The van der Waals surface area contributed by atoms with Crippen molar-refractivity contribution in [2.24, 2.45) is 0 Å². The summed E-state index contributed by atoms with van der Waals surface area (Å²) in [6.45, 7) is 4.99. The van der Waals surface area contributed by atoms with E-state index in [1.807, 2.05) is 0 Å². The zero-order chi connectivity index (χ0) is 67.7. The molecule has 0 fully saturated rings. The number of hydrogen-bond acceptors (Lipinski definition) is 5. The van der Waals surface area contributed by atoms with Crippen molar-refractivity contribution in [1.29, 1.82) is 0 Å². The molecule has 0 saturated carbocycles. The van der Waals surface area contributed by atoms with Crippen LogP contribution in [0, 0.1) is 0 Å². The lowest BCUT2D eigenvalue weighted by Gasteiger charge is -2.22. The third-order valence-corrected chi connectivity index (χ3v) is 20.8.